The van der Waals surface area contributed by atoms with Gasteiger partial charge in [-0.25, -0.2) is 0 Å². The molecule has 8 heteroatoms. The van der Waals surface area contributed by atoms with Gasteiger partial charge in [0, 0.05) is 27.6 Å². The van der Waals surface area contributed by atoms with Gasteiger partial charge in [-0.05, 0) is 118 Å². The van der Waals surface area contributed by atoms with Gasteiger partial charge in [0.15, 0.2) is 5.60 Å². The van der Waals surface area contributed by atoms with Crippen LogP contribution in [0, 0.1) is 16.2 Å². The van der Waals surface area contributed by atoms with Gasteiger partial charge in [0.2, 0.25) is 5.78 Å². The summed E-state index contributed by atoms with van der Waals surface area (Å²) in [4.78, 5) is 45.8. The van der Waals surface area contributed by atoms with Gasteiger partial charge < -0.3 is 19.8 Å². The number of benzene rings is 3. The maximum Gasteiger partial charge on any atom is 0.313 e. The number of carbonyl (C=O) groups is 3. The highest BCUT2D eigenvalue weighted by Gasteiger charge is 2.76. The summed E-state index contributed by atoms with van der Waals surface area (Å²) < 4.78 is 7.21. The third-order valence-corrected chi connectivity index (χ3v) is 16.1. The average Bonchev–Trinajstić information content (AvgIpc) is 3.82. The van der Waals surface area contributed by atoms with Crippen LogP contribution in [-0.2, 0) is 27.3 Å². The van der Waals surface area contributed by atoms with Crippen molar-refractivity contribution in [2.75, 3.05) is 6.54 Å². The zero-order chi connectivity index (χ0) is 39.7. The van der Waals surface area contributed by atoms with Gasteiger partial charge in [-0.15, -0.1) is 11.3 Å². The highest BCUT2D eigenvalue weighted by molar-refractivity contribution is 7.21. The van der Waals surface area contributed by atoms with Crippen LogP contribution < -0.4 is 0 Å². The lowest BCUT2D eigenvalue weighted by Crippen LogP contribution is -2.60. The molecule has 5 aliphatic rings. The minimum atomic E-state index is -1.33. The van der Waals surface area contributed by atoms with E-state index in [4.69, 9.17) is 4.74 Å². The molecule has 294 valence electrons. The number of allylic oxidation sites excluding steroid dienone is 2. The van der Waals surface area contributed by atoms with E-state index < -0.39 is 33.6 Å². The largest absolute Gasteiger partial charge is 0.448 e. The van der Waals surface area contributed by atoms with Crippen molar-refractivity contribution in [3.8, 4) is 0 Å². The van der Waals surface area contributed by atoms with Crippen molar-refractivity contribution in [1.29, 1.82) is 0 Å². The number of aliphatic hydroxyl groups excluding tert-OH is 1. The lowest BCUT2D eigenvalue weighted by molar-refractivity contribution is -0.178. The van der Waals surface area contributed by atoms with Crippen LogP contribution in [0.2, 0.25) is 0 Å². The van der Waals surface area contributed by atoms with E-state index in [1.807, 2.05) is 93.6 Å². The second-order valence-corrected chi connectivity index (χ2v) is 19.3. The lowest BCUT2D eigenvalue weighted by Gasteiger charge is -2.47. The molecule has 2 N–H and O–H groups in total. The fraction of sp³-hybridized carbons (Fsp3) is 0.479. The Kier molecular flexibility index (Phi) is 9.73. The van der Waals surface area contributed by atoms with E-state index in [1.165, 1.54) is 16.9 Å². The third kappa shape index (κ3) is 6.09. The Bertz CT molecular complexity index is 2190. The zero-order valence-corrected chi connectivity index (χ0v) is 34.2. The Hall–Kier alpha value is -4.11. The van der Waals surface area contributed by atoms with Crippen molar-refractivity contribution in [2.45, 2.75) is 122 Å². The van der Waals surface area contributed by atoms with Crippen LogP contribution >= 0.6 is 11.3 Å². The van der Waals surface area contributed by atoms with E-state index in [-0.39, 0.29) is 36.7 Å². The summed E-state index contributed by atoms with van der Waals surface area (Å²) in [6.45, 7) is 10.5. The summed E-state index contributed by atoms with van der Waals surface area (Å²) in [7, 11) is 0. The van der Waals surface area contributed by atoms with Gasteiger partial charge in [0.25, 0.3) is 5.91 Å². The normalized spacial score (nSPS) is 31.1. The molecule has 7 nitrogen and oxygen atoms in total. The van der Waals surface area contributed by atoms with E-state index in [0.29, 0.717) is 61.8 Å². The summed E-state index contributed by atoms with van der Waals surface area (Å²) in [5.41, 5.74) is -0.345. The molecular formula is C48H55NO6S. The van der Waals surface area contributed by atoms with Crippen LogP contribution in [0.5, 0.6) is 0 Å². The van der Waals surface area contributed by atoms with Crippen molar-refractivity contribution >= 4 is 39.1 Å². The summed E-state index contributed by atoms with van der Waals surface area (Å²) in [6.07, 6.45) is 6.93. The molecule has 1 amide bonds. The van der Waals surface area contributed by atoms with Crippen LogP contribution in [0.4, 0.5) is 0 Å². The smallest absolute Gasteiger partial charge is 0.313 e. The Balaban J connectivity index is 1.22. The Labute approximate surface area is 334 Å². The first-order valence-electron chi connectivity index (χ1n) is 20.4. The number of hydrogen-bond acceptors (Lipinski definition) is 7. The molecule has 1 saturated heterocycles. The quantitative estimate of drug-likeness (QED) is 0.110. The fourth-order valence-electron chi connectivity index (χ4n) is 10.7. The van der Waals surface area contributed by atoms with Crippen molar-refractivity contribution < 1.29 is 29.3 Å². The first-order valence-corrected chi connectivity index (χ1v) is 21.2. The number of rotatable bonds is 7. The van der Waals surface area contributed by atoms with Crippen LogP contribution in [0.1, 0.15) is 124 Å². The number of esters is 1. The molecule has 9 rings (SSSR count). The summed E-state index contributed by atoms with van der Waals surface area (Å²) in [5.74, 6) is -0.818. The molecule has 3 fully saturated rings. The Morgan fingerprint density at radius 3 is 2.38 bits per heavy atom. The maximum absolute atomic E-state index is 15.2. The molecule has 4 aromatic rings. The number of amides is 1. The molecule has 2 saturated carbocycles. The highest BCUT2D eigenvalue weighted by atomic mass is 32.1. The first-order chi connectivity index (χ1) is 26.6. The molecule has 1 aromatic heterocycles. The van der Waals surface area contributed by atoms with E-state index in [1.54, 1.807) is 4.90 Å². The molecule has 4 bridgehead atoms. The van der Waals surface area contributed by atoms with Crippen molar-refractivity contribution in [1.82, 2.24) is 4.90 Å². The van der Waals surface area contributed by atoms with Crippen molar-refractivity contribution in [2.24, 2.45) is 16.2 Å². The molecular weight excluding hydrogens is 719 g/mol. The van der Waals surface area contributed by atoms with Gasteiger partial charge in [-0.1, -0.05) is 93.1 Å². The number of nitrogens with zero attached hydrogens (tertiary/aromatic N) is 1. The molecule has 56 heavy (non-hydrogen) atoms. The van der Waals surface area contributed by atoms with Crippen LogP contribution in [-0.4, -0.2) is 56.6 Å². The van der Waals surface area contributed by atoms with Gasteiger partial charge in [-0.2, -0.15) is 0 Å². The number of hydrogen-bond donors (Lipinski definition) is 2. The Morgan fingerprint density at radius 1 is 0.911 bits per heavy atom. The van der Waals surface area contributed by atoms with Gasteiger partial charge >= 0.3 is 5.97 Å². The topological polar surface area (TPSA) is 104 Å². The second-order valence-electron chi connectivity index (χ2n) is 18.2. The SMILES string of the molecule is CC1=CCC[C@@]2(C)[C@@H](CC[C@@]2(O)CN(Cc2ccccc2)C(=O)[C@@]23CC[C@@](C)(C(=O)O2)C3(C)C)c2ccc(cc2C(=O)c2cc3ccccc3s2)C[C@@H](O)CC1. The minimum Gasteiger partial charge on any atom is -0.448 e. The fourth-order valence-corrected chi connectivity index (χ4v) is 11.7. The second kappa shape index (κ2) is 14.1. The van der Waals surface area contributed by atoms with E-state index in [0.717, 1.165) is 33.2 Å². The van der Waals surface area contributed by atoms with Crippen LogP contribution in [0.25, 0.3) is 10.1 Å². The van der Waals surface area contributed by atoms with Gasteiger partial charge in [-0.3, -0.25) is 14.4 Å². The van der Waals surface area contributed by atoms with Crippen molar-refractivity contribution in [3.05, 3.63) is 118 Å². The zero-order valence-electron chi connectivity index (χ0n) is 33.4. The number of fused-ring (bicyclic) bond motifs is 11. The third-order valence-electron chi connectivity index (χ3n) is 15.0. The van der Waals surface area contributed by atoms with Gasteiger partial charge in [0.1, 0.15) is 0 Å². The average molecular weight is 774 g/mol. The Morgan fingerprint density at radius 2 is 1.66 bits per heavy atom. The summed E-state index contributed by atoms with van der Waals surface area (Å²) in [5, 5.41) is 25.5. The van der Waals surface area contributed by atoms with E-state index in [2.05, 4.69) is 26.0 Å². The van der Waals surface area contributed by atoms with Crippen LogP contribution in [0.15, 0.2) is 90.5 Å². The minimum absolute atomic E-state index is 0.0484. The number of ketones is 1. The van der Waals surface area contributed by atoms with E-state index in [9.17, 15) is 19.8 Å². The molecule has 1 aliphatic heterocycles. The van der Waals surface area contributed by atoms with Gasteiger partial charge in [0.05, 0.1) is 28.5 Å². The molecule has 3 aromatic carbocycles. The van der Waals surface area contributed by atoms with Crippen molar-refractivity contribution in [3.63, 3.8) is 0 Å². The molecule has 0 radical (unpaired) electrons. The standard InChI is InChI=1S/C48H55NO6S/c1-31-12-11-22-45(4)38(36-20-18-33(26-35(50)19-17-31)27-37(36)41(51)40-28-34-15-9-10-16-39(34)56-40)21-23-47(45,54)30-49(29-32-13-7-6-8-14-32)42(52)48-25-24-46(5,43(53)55-48)44(48,2)3/h6-10,12-16,18,20,27-28,35,38,50,54H,11,17,19,21-26,29-30H2,1-5H3/t35-,38-,45-,46-,47+,48+/m0/s1. The maximum atomic E-state index is 15.2. The molecule has 0 unspecified atom stereocenters. The summed E-state index contributed by atoms with van der Waals surface area (Å²) >= 11 is 1.49. The molecule has 4 aliphatic carbocycles. The number of aliphatic hydroxyl groups is 2. The van der Waals surface area contributed by atoms with E-state index >= 15 is 4.79 Å². The number of carbonyl (C=O) groups excluding carboxylic acids is 3. The van der Waals surface area contributed by atoms with Crippen LogP contribution in [0.3, 0.4) is 0 Å². The molecule has 0 spiro atoms. The molecule has 2 heterocycles. The lowest BCUT2D eigenvalue weighted by atomic mass is 9.64. The predicted molar refractivity (Wildman–Crippen MR) is 220 cm³/mol. The highest BCUT2D eigenvalue weighted by Crippen LogP contribution is 2.66. The predicted octanol–water partition coefficient (Wildman–Crippen LogP) is 9.32. The summed E-state index contributed by atoms with van der Waals surface area (Å²) in [6, 6.07) is 25.9. The monoisotopic (exact) mass is 773 g/mol. The number of ether oxygens (including phenoxy) is 1. The molecule has 6 atom stereocenters. The first kappa shape index (κ1) is 38.7. The number of thiophene rings is 1.